The molecule has 2 saturated carbocycles. The Morgan fingerprint density at radius 3 is 1.02 bits per heavy atom. The zero-order valence-corrected chi connectivity index (χ0v) is 39.9. The van der Waals surface area contributed by atoms with Crippen LogP contribution >= 0.6 is 0 Å². The van der Waals surface area contributed by atoms with Gasteiger partial charge in [-0.3, -0.25) is 0 Å². The first kappa shape index (κ1) is 47.5. The van der Waals surface area contributed by atoms with Crippen molar-refractivity contribution < 1.29 is 0 Å². The molecule has 4 spiro atoms. The van der Waals surface area contributed by atoms with Crippen molar-refractivity contribution >= 4 is 0 Å². The second-order valence-electron chi connectivity index (χ2n) is 22.8. The second kappa shape index (κ2) is 23.0. The highest BCUT2D eigenvalue weighted by molar-refractivity contribution is 5.19. The van der Waals surface area contributed by atoms with E-state index in [-0.39, 0.29) is 0 Å². The molecule has 8 rings (SSSR count). The van der Waals surface area contributed by atoms with E-state index in [1.54, 1.807) is 0 Å². The van der Waals surface area contributed by atoms with Crippen molar-refractivity contribution in [1.29, 1.82) is 0 Å². The zero-order chi connectivity index (χ0) is 41.5. The summed E-state index contributed by atoms with van der Waals surface area (Å²) in [5, 5.41) is 0. The van der Waals surface area contributed by atoms with E-state index in [1.165, 1.54) is 167 Å². The standard InChI is InChI=1S/C16H28.C15H24.C14H22.C13H22/c1-14(2)15-8-7-12-16(13-9-15)10-5-3-4-6-11-16;1-13(2)14-7-6-11-15(12-8-14)9-4-3-5-10-15;1-12(2)13-6-5-10-14(11-7-13)8-3-4-9-14;1-11(2)12-5-3-7-13(10-6-12)8-4-9-13/h9,13-15H,3-8,10-12H2,1-2H3;4,8-9,12-14H,3,5-7,10-11H2,1-2H3;3,7-8,11-13H,4-6,9-10H2,1-2H3;6,10-12H,3-5,7-9H2,1-2H3. The number of rotatable bonds is 4. The second-order valence-corrected chi connectivity index (χ2v) is 22.8. The third kappa shape index (κ3) is 14.3. The molecule has 0 aromatic heterocycles. The summed E-state index contributed by atoms with van der Waals surface area (Å²) in [7, 11) is 0. The van der Waals surface area contributed by atoms with Gasteiger partial charge in [0, 0.05) is 10.8 Å². The fraction of sp³-hybridized carbons (Fsp3) is 0.793. The molecule has 0 bridgehead atoms. The molecule has 0 N–H and O–H groups in total. The molecule has 0 heteroatoms. The van der Waals surface area contributed by atoms with Crippen LogP contribution in [0.5, 0.6) is 0 Å². The molecular formula is C58H96. The molecule has 6 atom stereocenters. The lowest BCUT2D eigenvalue weighted by atomic mass is 9.66. The highest BCUT2D eigenvalue weighted by Gasteiger charge is 2.36. The van der Waals surface area contributed by atoms with Crippen LogP contribution in [0.2, 0.25) is 0 Å². The molecule has 0 heterocycles. The Balaban J connectivity index is 0.000000148. The highest BCUT2D eigenvalue weighted by atomic mass is 14.4. The molecule has 8 aliphatic rings. The first-order valence-corrected chi connectivity index (χ1v) is 26.0. The monoisotopic (exact) mass is 793 g/mol. The summed E-state index contributed by atoms with van der Waals surface area (Å²) in [6, 6.07) is 0. The van der Waals surface area contributed by atoms with Crippen LogP contribution in [-0.4, -0.2) is 0 Å². The number of hydrogen-bond acceptors (Lipinski definition) is 0. The summed E-state index contributed by atoms with van der Waals surface area (Å²) in [4.78, 5) is 0. The molecule has 0 aromatic rings. The van der Waals surface area contributed by atoms with E-state index >= 15 is 0 Å². The summed E-state index contributed by atoms with van der Waals surface area (Å²) in [6.45, 7) is 18.9. The molecule has 0 radical (unpaired) electrons. The maximum absolute atomic E-state index is 2.63. The average Bonchev–Trinajstić information content (AvgIpc) is 3.55. The fourth-order valence-electron chi connectivity index (χ4n) is 12.2. The molecule has 0 nitrogen and oxygen atoms in total. The molecule has 0 amide bonds. The average molecular weight is 793 g/mol. The van der Waals surface area contributed by atoms with Crippen LogP contribution in [0.4, 0.5) is 0 Å². The smallest absolute Gasteiger partial charge is 0.00640 e. The van der Waals surface area contributed by atoms with Gasteiger partial charge in [0.25, 0.3) is 0 Å². The van der Waals surface area contributed by atoms with E-state index in [2.05, 4.69) is 128 Å². The molecule has 328 valence electrons. The van der Waals surface area contributed by atoms with E-state index in [0.717, 1.165) is 47.3 Å². The predicted molar refractivity (Wildman–Crippen MR) is 258 cm³/mol. The molecule has 8 aliphatic carbocycles. The molecular weight excluding hydrogens is 697 g/mol. The fourth-order valence-corrected chi connectivity index (χ4v) is 12.2. The van der Waals surface area contributed by atoms with Gasteiger partial charge in [0.2, 0.25) is 0 Å². The first-order valence-electron chi connectivity index (χ1n) is 26.0. The van der Waals surface area contributed by atoms with Crippen molar-refractivity contribution in [1.82, 2.24) is 0 Å². The van der Waals surface area contributed by atoms with Gasteiger partial charge in [0.1, 0.15) is 0 Å². The van der Waals surface area contributed by atoms with Gasteiger partial charge in [-0.15, -0.1) is 0 Å². The minimum atomic E-state index is 0.446. The topological polar surface area (TPSA) is 0 Å². The van der Waals surface area contributed by atoms with Crippen LogP contribution in [0.25, 0.3) is 0 Å². The zero-order valence-electron chi connectivity index (χ0n) is 39.9. The summed E-state index contributed by atoms with van der Waals surface area (Å²) in [5.74, 6) is 6.64. The van der Waals surface area contributed by atoms with Gasteiger partial charge in [-0.2, -0.15) is 0 Å². The van der Waals surface area contributed by atoms with E-state index in [0.29, 0.717) is 21.7 Å². The third-order valence-corrected chi connectivity index (χ3v) is 17.1. The van der Waals surface area contributed by atoms with Crippen LogP contribution in [0, 0.1) is 69.0 Å². The lowest BCUT2D eigenvalue weighted by Crippen LogP contribution is -2.26. The lowest BCUT2D eigenvalue weighted by Gasteiger charge is -2.39. The number of hydrogen-bond donors (Lipinski definition) is 0. The van der Waals surface area contributed by atoms with Gasteiger partial charge >= 0.3 is 0 Å². The predicted octanol–water partition coefficient (Wildman–Crippen LogP) is 18.6. The maximum Gasteiger partial charge on any atom is 0.00640 e. The van der Waals surface area contributed by atoms with Crippen LogP contribution in [0.1, 0.15) is 222 Å². The van der Waals surface area contributed by atoms with E-state index < -0.39 is 0 Å². The Labute approximate surface area is 362 Å². The lowest BCUT2D eigenvalue weighted by molar-refractivity contribution is 0.184. The SMILES string of the molecule is CC(C)C1C=CC2(C=CCC2)CCC1.CC(C)C1C=CC2(C=CCCC2)CCC1.CC(C)C1C=CC2(CCC1)CCC2.CC(C)C1C=CC2(CCCCCC2)CCC1. The van der Waals surface area contributed by atoms with Gasteiger partial charge in [-0.05, 0) is 167 Å². The van der Waals surface area contributed by atoms with Gasteiger partial charge in [-0.1, -0.05) is 186 Å². The third-order valence-electron chi connectivity index (χ3n) is 17.1. The number of allylic oxidation sites excluding steroid dienone is 12. The van der Waals surface area contributed by atoms with Gasteiger partial charge in [-0.25, -0.2) is 0 Å². The van der Waals surface area contributed by atoms with Crippen molar-refractivity contribution in [3.63, 3.8) is 0 Å². The van der Waals surface area contributed by atoms with E-state index in [1.807, 2.05) is 0 Å². The quantitative estimate of drug-likeness (QED) is 0.249. The molecule has 2 fully saturated rings. The van der Waals surface area contributed by atoms with Gasteiger partial charge in [0.05, 0.1) is 0 Å². The van der Waals surface area contributed by atoms with Crippen LogP contribution in [0.15, 0.2) is 72.9 Å². The van der Waals surface area contributed by atoms with Gasteiger partial charge < -0.3 is 0 Å². The molecule has 6 unspecified atom stereocenters. The molecule has 0 aromatic carbocycles. The summed E-state index contributed by atoms with van der Waals surface area (Å²) in [6.07, 6.45) is 67.0. The summed E-state index contributed by atoms with van der Waals surface area (Å²) >= 11 is 0. The van der Waals surface area contributed by atoms with Gasteiger partial charge in [0.15, 0.2) is 0 Å². The highest BCUT2D eigenvalue weighted by Crippen LogP contribution is 2.49. The van der Waals surface area contributed by atoms with Crippen molar-refractivity contribution in [2.24, 2.45) is 69.0 Å². The minimum absolute atomic E-state index is 0.446. The van der Waals surface area contributed by atoms with Crippen molar-refractivity contribution in [2.45, 2.75) is 222 Å². The van der Waals surface area contributed by atoms with Crippen LogP contribution < -0.4 is 0 Å². The van der Waals surface area contributed by atoms with Crippen molar-refractivity contribution in [3.8, 4) is 0 Å². The summed E-state index contributed by atoms with van der Waals surface area (Å²) in [5.41, 5.74) is 2.19. The Kier molecular flexibility index (Phi) is 18.9. The Bertz CT molecular complexity index is 1350. The van der Waals surface area contributed by atoms with E-state index in [9.17, 15) is 0 Å². The Hall–Kier alpha value is -1.56. The van der Waals surface area contributed by atoms with Crippen LogP contribution in [-0.2, 0) is 0 Å². The first-order chi connectivity index (χ1) is 27.9. The largest absolute Gasteiger partial charge is 0.0877 e. The normalized spacial score (nSPS) is 33.7. The van der Waals surface area contributed by atoms with E-state index in [4.69, 9.17) is 0 Å². The molecule has 58 heavy (non-hydrogen) atoms. The molecule has 0 saturated heterocycles. The Morgan fingerprint density at radius 1 is 0.310 bits per heavy atom. The van der Waals surface area contributed by atoms with Crippen molar-refractivity contribution in [3.05, 3.63) is 72.9 Å². The molecule has 0 aliphatic heterocycles. The summed E-state index contributed by atoms with van der Waals surface area (Å²) < 4.78 is 0. The minimum Gasteiger partial charge on any atom is -0.0877 e. The maximum atomic E-state index is 2.63. The van der Waals surface area contributed by atoms with Crippen molar-refractivity contribution in [2.75, 3.05) is 0 Å². The van der Waals surface area contributed by atoms with Crippen LogP contribution in [0.3, 0.4) is 0 Å². The Morgan fingerprint density at radius 2 is 0.655 bits per heavy atom.